The zero-order valence-electron chi connectivity index (χ0n) is 21.0. The number of anilines is 6. The first-order valence-electron chi connectivity index (χ1n) is 12.1. The number of rotatable bonds is 8. The van der Waals surface area contributed by atoms with E-state index in [1.54, 1.807) is 14.2 Å². The predicted octanol–water partition coefficient (Wildman–Crippen LogP) is 9.95. The normalized spacial score (nSPS) is 10.6. The van der Waals surface area contributed by atoms with Crippen LogP contribution in [0.2, 0.25) is 10.0 Å². The molecular weight excluding hydrogens is 515 g/mol. The average molecular weight is 541 g/mol. The minimum atomic E-state index is 0.663. The smallest absolute Gasteiger partial charge is 0.119 e. The van der Waals surface area contributed by atoms with E-state index in [0.717, 1.165) is 45.6 Å². The van der Waals surface area contributed by atoms with Gasteiger partial charge >= 0.3 is 0 Å². The fourth-order valence-electron chi connectivity index (χ4n) is 4.34. The number of ether oxygens (including phenoxy) is 2. The highest BCUT2D eigenvalue weighted by atomic mass is 35.5. The molecule has 6 heteroatoms. The van der Waals surface area contributed by atoms with Crippen molar-refractivity contribution in [3.05, 3.63) is 131 Å². The summed E-state index contributed by atoms with van der Waals surface area (Å²) in [5.74, 6) is 1.61. The van der Waals surface area contributed by atoms with Gasteiger partial charge in [-0.2, -0.15) is 0 Å². The Labute approximate surface area is 233 Å². The van der Waals surface area contributed by atoms with E-state index < -0.39 is 0 Å². The van der Waals surface area contributed by atoms with Crippen LogP contribution in [-0.2, 0) is 0 Å². The number of hydrogen-bond acceptors (Lipinski definition) is 4. The third-order valence-electron chi connectivity index (χ3n) is 6.16. The summed E-state index contributed by atoms with van der Waals surface area (Å²) < 4.78 is 10.7. The standard InChI is InChI=1S/C32H26Cl2N2O2/c1-37-31-17-13-27(14-18-31)35(28-15-19-32(38-2)20-16-28)25-9-11-26(12-10-25)36(29-7-3-5-23(33)21-29)30-8-4-6-24(34)22-30/h3-22H,1-2H3. The van der Waals surface area contributed by atoms with Crippen LogP contribution in [0, 0.1) is 0 Å². The first-order valence-corrected chi connectivity index (χ1v) is 12.8. The van der Waals surface area contributed by atoms with E-state index in [0.29, 0.717) is 10.0 Å². The minimum Gasteiger partial charge on any atom is -0.497 e. The average Bonchev–Trinajstić information content (AvgIpc) is 2.95. The highest BCUT2D eigenvalue weighted by Gasteiger charge is 2.16. The number of benzene rings is 5. The molecule has 0 N–H and O–H groups in total. The lowest BCUT2D eigenvalue weighted by atomic mass is 10.1. The Morgan fingerprint density at radius 1 is 0.421 bits per heavy atom. The van der Waals surface area contributed by atoms with Crippen molar-refractivity contribution < 1.29 is 9.47 Å². The Morgan fingerprint density at radius 2 is 0.737 bits per heavy atom. The second-order valence-electron chi connectivity index (χ2n) is 8.54. The van der Waals surface area contributed by atoms with Crippen molar-refractivity contribution in [1.29, 1.82) is 0 Å². The summed E-state index contributed by atoms with van der Waals surface area (Å²) in [4.78, 5) is 4.32. The van der Waals surface area contributed by atoms with Crippen LogP contribution >= 0.6 is 23.2 Å². The molecule has 0 bridgehead atoms. The van der Waals surface area contributed by atoms with E-state index in [2.05, 4.69) is 34.1 Å². The summed E-state index contributed by atoms with van der Waals surface area (Å²) in [7, 11) is 3.33. The van der Waals surface area contributed by atoms with Gasteiger partial charge in [-0.3, -0.25) is 0 Å². The van der Waals surface area contributed by atoms with Gasteiger partial charge < -0.3 is 19.3 Å². The number of nitrogens with zero attached hydrogens (tertiary/aromatic N) is 2. The second kappa shape index (κ2) is 11.5. The maximum absolute atomic E-state index is 6.36. The van der Waals surface area contributed by atoms with Crippen molar-refractivity contribution in [3.8, 4) is 11.5 Å². The van der Waals surface area contributed by atoms with Crippen LogP contribution in [0.25, 0.3) is 0 Å². The largest absolute Gasteiger partial charge is 0.497 e. The fourth-order valence-corrected chi connectivity index (χ4v) is 4.71. The van der Waals surface area contributed by atoms with Crippen LogP contribution in [0.1, 0.15) is 0 Å². The summed E-state index contributed by atoms with van der Waals surface area (Å²) in [6, 6.07) is 40.0. The topological polar surface area (TPSA) is 24.9 Å². The molecule has 0 amide bonds. The molecule has 0 aliphatic heterocycles. The Kier molecular flexibility index (Phi) is 7.73. The number of methoxy groups -OCH3 is 2. The first-order chi connectivity index (χ1) is 18.6. The van der Waals surface area contributed by atoms with Crippen LogP contribution in [0.15, 0.2) is 121 Å². The molecule has 0 aliphatic rings. The highest BCUT2D eigenvalue weighted by molar-refractivity contribution is 6.31. The van der Waals surface area contributed by atoms with E-state index in [-0.39, 0.29) is 0 Å². The van der Waals surface area contributed by atoms with Gasteiger partial charge in [-0.1, -0.05) is 35.3 Å². The van der Waals surface area contributed by atoms with Gasteiger partial charge in [-0.15, -0.1) is 0 Å². The zero-order valence-corrected chi connectivity index (χ0v) is 22.5. The molecule has 0 spiro atoms. The second-order valence-corrected chi connectivity index (χ2v) is 9.42. The molecule has 5 rings (SSSR count). The van der Waals surface area contributed by atoms with Crippen LogP contribution < -0.4 is 19.3 Å². The molecule has 0 heterocycles. The highest BCUT2D eigenvalue weighted by Crippen LogP contribution is 2.40. The molecule has 0 unspecified atom stereocenters. The van der Waals surface area contributed by atoms with Gasteiger partial charge in [0, 0.05) is 44.2 Å². The van der Waals surface area contributed by atoms with Gasteiger partial charge in [0.25, 0.3) is 0 Å². The minimum absolute atomic E-state index is 0.663. The van der Waals surface area contributed by atoms with Crippen LogP contribution in [0.3, 0.4) is 0 Å². The van der Waals surface area contributed by atoms with Crippen molar-refractivity contribution in [3.63, 3.8) is 0 Å². The number of halogens is 2. The lowest BCUT2D eigenvalue weighted by Gasteiger charge is -2.28. The van der Waals surface area contributed by atoms with Gasteiger partial charge in [0.1, 0.15) is 11.5 Å². The van der Waals surface area contributed by atoms with Gasteiger partial charge in [0.05, 0.1) is 14.2 Å². The van der Waals surface area contributed by atoms with E-state index in [1.165, 1.54) is 0 Å². The molecule has 0 saturated heterocycles. The molecule has 0 saturated carbocycles. The van der Waals surface area contributed by atoms with E-state index >= 15 is 0 Å². The van der Waals surface area contributed by atoms with Gasteiger partial charge in [-0.25, -0.2) is 0 Å². The lowest BCUT2D eigenvalue weighted by molar-refractivity contribution is 0.415. The van der Waals surface area contributed by atoms with Gasteiger partial charge in [0.2, 0.25) is 0 Å². The summed E-state index contributed by atoms with van der Waals surface area (Å²) >= 11 is 12.7. The quantitative estimate of drug-likeness (QED) is 0.195. The molecule has 0 aromatic heterocycles. The maximum Gasteiger partial charge on any atom is 0.119 e. The molecular formula is C32H26Cl2N2O2. The van der Waals surface area contributed by atoms with Crippen molar-refractivity contribution in [2.45, 2.75) is 0 Å². The van der Waals surface area contributed by atoms with E-state index in [9.17, 15) is 0 Å². The Morgan fingerprint density at radius 3 is 1.05 bits per heavy atom. The molecule has 5 aromatic rings. The molecule has 0 atom stereocenters. The monoisotopic (exact) mass is 540 g/mol. The van der Waals surface area contributed by atoms with Crippen LogP contribution in [0.4, 0.5) is 34.1 Å². The van der Waals surface area contributed by atoms with Crippen LogP contribution in [0.5, 0.6) is 11.5 Å². The molecule has 0 fully saturated rings. The number of hydrogen-bond donors (Lipinski definition) is 0. The molecule has 38 heavy (non-hydrogen) atoms. The molecule has 5 aromatic carbocycles. The van der Waals surface area contributed by atoms with Crippen molar-refractivity contribution in [2.75, 3.05) is 24.0 Å². The van der Waals surface area contributed by atoms with E-state index in [4.69, 9.17) is 32.7 Å². The maximum atomic E-state index is 6.36. The summed E-state index contributed by atoms with van der Waals surface area (Å²) in [5, 5.41) is 1.33. The predicted molar refractivity (Wildman–Crippen MR) is 159 cm³/mol. The lowest BCUT2D eigenvalue weighted by Crippen LogP contribution is -2.12. The summed E-state index contributed by atoms with van der Waals surface area (Å²) in [6.07, 6.45) is 0. The van der Waals surface area contributed by atoms with Crippen LogP contribution in [-0.4, -0.2) is 14.2 Å². The third kappa shape index (κ3) is 5.57. The third-order valence-corrected chi connectivity index (χ3v) is 6.63. The first kappa shape index (κ1) is 25.5. The fraction of sp³-hybridized carbons (Fsp3) is 0.0625. The van der Waals surface area contributed by atoms with E-state index in [1.807, 2.05) is 97.1 Å². The van der Waals surface area contributed by atoms with Crippen molar-refractivity contribution in [1.82, 2.24) is 0 Å². The molecule has 4 nitrogen and oxygen atoms in total. The molecule has 0 radical (unpaired) electrons. The SMILES string of the molecule is COc1ccc(N(c2ccc(OC)cc2)c2ccc(N(c3cccc(Cl)c3)c3cccc(Cl)c3)cc2)cc1. The van der Waals surface area contributed by atoms with Crippen molar-refractivity contribution in [2.24, 2.45) is 0 Å². The van der Waals surface area contributed by atoms with Gasteiger partial charge in [0.15, 0.2) is 0 Å². The Balaban J connectivity index is 1.58. The molecule has 0 aliphatic carbocycles. The zero-order chi connectivity index (χ0) is 26.5. The Bertz CT molecular complexity index is 1410. The molecule has 190 valence electrons. The summed E-state index contributed by atoms with van der Waals surface area (Å²) in [5.41, 5.74) is 5.86. The Hall–Kier alpha value is -4.12. The van der Waals surface area contributed by atoms with Gasteiger partial charge in [-0.05, 0) is 109 Å². The van der Waals surface area contributed by atoms with Crippen molar-refractivity contribution >= 4 is 57.3 Å². The summed E-state index contributed by atoms with van der Waals surface area (Å²) in [6.45, 7) is 0.